The fraction of sp³-hybridized carbons (Fsp3) is 0.857. The summed E-state index contributed by atoms with van der Waals surface area (Å²) in [6.07, 6.45) is 4.29. The van der Waals surface area contributed by atoms with Crippen LogP contribution in [0.5, 0.6) is 0 Å². The zero-order valence-corrected chi connectivity index (χ0v) is 11.5. The predicted octanol–water partition coefficient (Wildman–Crippen LogP) is 1.79. The van der Waals surface area contributed by atoms with Crippen LogP contribution in [0.3, 0.4) is 0 Å². The molecular formula is C14H23NO4. The highest BCUT2D eigenvalue weighted by atomic mass is 16.5. The summed E-state index contributed by atoms with van der Waals surface area (Å²) < 4.78 is 10.4. The van der Waals surface area contributed by atoms with Gasteiger partial charge in [-0.15, -0.1) is 0 Å². The Hall–Kier alpha value is -1.12. The molecule has 0 aromatic heterocycles. The van der Waals surface area contributed by atoms with Gasteiger partial charge in [-0.05, 0) is 19.8 Å². The van der Waals surface area contributed by atoms with Gasteiger partial charge in [-0.25, -0.2) is 0 Å². The van der Waals surface area contributed by atoms with Crippen LogP contribution in [0.2, 0.25) is 0 Å². The van der Waals surface area contributed by atoms with Gasteiger partial charge in [-0.2, -0.15) is 5.26 Å². The Morgan fingerprint density at radius 1 is 1.42 bits per heavy atom. The minimum atomic E-state index is -0.748. The molecule has 0 saturated carbocycles. The number of aliphatic hydroxyl groups excluding tert-OH is 1. The lowest BCUT2D eigenvalue weighted by atomic mass is 9.94. The van der Waals surface area contributed by atoms with Crippen LogP contribution in [0.15, 0.2) is 0 Å². The maximum absolute atomic E-state index is 11.7. The second-order valence-corrected chi connectivity index (χ2v) is 4.83. The summed E-state index contributed by atoms with van der Waals surface area (Å²) in [5.41, 5.74) is 0. The van der Waals surface area contributed by atoms with Gasteiger partial charge in [0.05, 0.1) is 31.5 Å². The van der Waals surface area contributed by atoms with Gasteiger partial charge in [-0.3, -0.25) is 4.79 Å². The number of esters is 1. The van der Waals surface area contributed by atoms with E-state index in [0.29, 0.717) is 13.0 Å². The lowest BCUT2D eigenvalue weighted by Gasteiger charge is -2.18. The Labute approximate surface area is 114 Å². The summed E-state index contributed by atoms with van der Waals surface area (Å²) in [5.74, 6) is -0.902. The normalized spacial score (nSPS) is 26.1. The number of ether oxygens (including phenoxy) is 2. The molecule has 0 bridgehead atoms. The number of nitriles is 1. The molecule has 1 aliphatic rings. The molecule has 3 atom stereocenters. The summed E-state index contributed by atoms with van der Waals surface area (Å²) in [6.45, 7) is 2.29. The molecule has 0 spiro atoms. The second-order valence-electron chi connectivity index (χ2n) is 4.83. The molecule has 0 aromatic rings. The van der Waals surface area contributed by atoms with Gasteiger partial charge < -0.3 is 14.6 Å². The number of aliphatic hydroxyl groups is 1. The van der Waals surface area contributed by atoms with Gasteiger partial charge in [0.25, 0.3) is 0 Å². The molecule has 1 rings (SSSR count). The molecule has 5 nitrogen and oxygen atoms in total. The molecule has 1 heterocycles. The Kier molecular flexibility index (Phi) is 7.46. The first-order valence-corrected chi connectivity index (χ1v) is 7.04. The van der Waals surface area contributed by atoms with Crippen LogP contribution in [0.1, 0.15) is 45.4 Å². The summed E-state index contributed by atoms with van der Waals surface area (Å²) in [4.78, 5) is 11.7. The molecule has 5 heteroatoms. The average Bonchev–Trinajstić information content (AvgIpc) is 2.75. The fourth-order valence-corrected chi connectivity index (χ4v) is 2.39. The third-order valence-electron chi connectivity index (χ3n) is 3.38. The summed E-state index contributed by atoms with van der Waals surface area (Å²) >= 11 is 0. The van der Waals surface area contributed by atoms with E-state index in [0.717, 1.165) is 32.1 Å². The van der Waals surface area contributed by atoms with Crippen molar-refractivity contribution in [3.63, 3.8) is 0 Å². The summed E-state index contributed by atoms with van der Waals surface area (Å²) in [7, 11) is 0. The van der Waals surface area contributed by atoms with Gasteiger partial charge >= 0.3 is 5.97 Å². The van der Waals surface area contributed by atoms with Crippen molar-refractivity contribution in [3.8, 4) is 6.07 Å². The van der Waals surface area contributed by atoms with Crippen LogP contribution in [0.4, 0.5) is 0 Å². The average molecular weight is 269 g/mol. The highest BCUT2D eigenvalue weighted by Crippen LogP contribution is 2.27. The van der Waals surface area contributed by atoms with E-state index in [1.807, 2.05) is 0 Å². The number of carbonyl (C=O) groups is 1. The van der Waals surface area contributed by atoms with Crippen LogP contribution < -0.4 is 0 Å². The quantitative estimate of drug-likeness (QED) is 0.537. The molecule has 108 valence electrons. The number of hydrogen-bond donors (Lipinski definition) is 1. The first-order chi connectivity index (χ1) is 9.20. The van der Waals surface area contributed by atoms with E-state index in [1.54, 1.807) is 6.92 Å². The zero-order valence-electron chi connectivity index (χ0n) is 11.5. The Bertz CT molecular complexity index is 313. The van der Waals surface area contributed by atoms with E-state index in [-0.39, 0.29) is 18.7 Å². The minimum absolute atomic E-state index is 0.211. The number of carbonyl (C=O) groups excluding carboxylic acids is 1. The van der Waals surface area contributed by atoms with Gasteiger partial charge in [-0.1, -0.05) is 19.3 Å². The monoisotopic (exact) mass is 269 g/mol. The van der Waals surface area contributed by atoms with E-state index < -0.39 is 12.0 Å². The van der Waals surface area contributed by atoms with Crippen molar-refractivity contribution in [1.29, 1.82) is 5.26 Å². The Morgan fingerprint density at radius 2 is 2.16 bits per heavy atom. The lowest BCUT2D eigenvalue weighted by molar-refractivity contribution is -0.152. The number of hydrogen-bond acceptors (Lipinski definition) is 5. The van der Waals surface area contributed by atoms with E-state index in [9.17, 15) is 9.90 Å². The van der Waals surface area contributed by atoms with E-state index >= 15 is 0 Å². The molecule has 0 radical (unpaired) electrons. The van der Waals surface area contributed by atoms with Crippen LogP contribution in [-0.4, -0.2) is 36.5 Å². The fourth-order valence-electron chi connectivity index (χ4n) is 2.39. The molecule has 1 saturated heterocycles. The Morgan fingerprint density at radius 3 is 2.84 bits per heavy atom. The van der Waals surface area contributed by atoms with Crippen molar-refractivity contribution in [2.45, 2.75) is 57.7 Å². The molecule has 1 aliphatic heterocycles. The lowest BCUT2D eigenvalue weighted by Crippen LogP contribution is -2.33. The molecule has 3 unspecified atom stereocenters. The molecule has 19 heavy (non-hydrogen) atoms. The summed E-state index contributed by atoms with van der Waals surface area (Å²) in [5, 5.41) is 18.2. The van der Waals surface area contributed by atoms with Gasteiger partial charge in [0, 0.05) is 6.42 Å². The largest absolute Gasteiger partial charge is 0.466 e. The van der Waals surface area contributed by atoms with Gasteiger partial charge in [0.1, 0.15) is 5.92 Å². The number of nitrogens with zero attached hydrogens (tertiary/aromatic N) is 1. The Balaban J connectivity index is 2.27. The van der Waals surface area contributed by atoms with Crippen LogP contribution in [-0.2, 0) is 14.3 Å². The molecule has 0 aliphatic carbocycles. The second kappa shape index (κ2) is 8.89. The van der Waals surface area contributed by atoms with Crippen molar-refractivity contribution in [3.05, 3.63) is 0 Å². The number of unbranched alkanes of at least 4 members (excludes halogenated alkanes) is 4. The van der Waals surface area contributed by atoms with Crippen molar-refractivity contribution >= 4 is 5.97 Å². The SMILES string of the molecule is CCOC(=O)C1C(O)COC1CCCCCCC#N. The van der Waals surface area contributed by atoms with E-state index in [1.165, 1.54) is 0 Å². The van der Waals surface area contributed by atoms with E-state index in [4.69, 9.17) is 14.7 Å². The topological polar surface area (TPSA) is 79.6 Å². The molecule has 0 amide bonds. The van der Waals surface area contributed by atoms with E-state index in [2.05, 4.69) is 6.07 Å². The van der Waals surface area contributed by atoms with Crippen LogP contribution >= 0.6 is 0 Å². The molecule has 1 N–H and O–H groups in total. The predicted molar refractivity (Wildman–Crippen MR) is 69.2 cm³/mol. The van der Waals surface area contributed by atoms with Crippen molar-refractivity contribution in [2.75, 3.05) is 13.2 Å². The molecule has 0 aromatic carbocycles. The van der Waals surface area contributed by atoms with Gasteiger partial charge in [0.15, 0.2) is 0 Å². The van der Waals surface area contributed by atoms with Crippen molar-refractivity contribution in [2.24, 2.45) is 5.92 Å². The molecule has 1 fully saturated rings. The zero-order chi connectivity index (χ0) is 14.1. The van der Waals surface area contributed by atoms with Crippen molar-refractivity contribution < 1.29 is 19.4 Å². The first-order valence-electron chi connectivity index (χ1n) is 7.04. The standard InChI is InChI=1S/C14H23NO4/c1-2-18-14(17)13-11(16)10-19-12(13)8-6-4-3-5-7-9-15/h11-13,16H,2-8,10H2,1H3. The third kappa shape index (κ3) is 5.17. The smallest absolute Gasteiger partial charge is 0.314 e. The third-order valence-corrected chi connectivity index (χ3v) is 3.38. The summed E-state index contributed by atoms with van der Waals surface area (Å²) in [6, 6.07) is 2.12. The van der Waals surface area contributed by atoms with Crippen LogP contribution in [0.25, 0.3) is 0 Å². The number of rotatable bonds is 8. The maximum Gasteiger partial charge on any atom is 0.314 e. The minimum Gasteiger partial charge on any atom is -0.466 e. The van der Waals surface area contributed by atoms with Gasteiger partial charge in [0.2, 0.25) is 0 Å². The van der Waals surface area contributed by atoms with Crippen molar-refractivity contribution in [1.82, 2.24) is 0 Å². The maximum atomic E-state index is 11.7. The molecular weight excluding hydrogens is 246 g/mol. The first kappa shape index (κ1) is 15.9. The highest BCUT2D eigenvalue weighted by molar-refractivity contribution is 5.74. The van der Waals surface area contributed by atoms with Crippen LogP contribution in [0, 0.1) is 17.2 Å². The highest BCUT2D eigenvalue weighted by Gasteiger charge is 2.41.